The predicted octanol–water partition coefficient (Wildman–Crippen LogP) is 3.66. The topological polar surface area (TPSA) is 13.1 Å². The summed E-state index contributed by atoms with van der Waals surface area (Å²) in [7, 11) is 0. The second-order valence-electron chi connectivity index (χ2n) is 2.62. The normalized spacial score (nSPS) is 10.8. The van der Waals surface area contributed by atoms with Crippen molar-refractivity contribution in [2.75, 3.05) is 0 Å². The van der Waals surface area contributed by atoms with E-state index >= 15 is 0 Å². The highest BCUT2D eigenvalue weighted by molar-refractivity contribution is 6.31. The number of hydrogen-bond donors (Lipinski definition) is 0. The largest absolute Gasteiger partial charge is 0.468 e. The Morgan fingerprint density at radius 1 is 1.42 bits per heavy atom. The van der Waals surface area contributed by atoms with Gasteiger partial charge in [0, 0.05) is 22.2 Å². The minimum Gasteiger partial charge on any atom is -0.468 e. The zero-order valence-electron chi connectivity index (χ0n) is 6.67. The molecule has 0 saturated carbocycles. The molecule has 0 unspecified atom stereocenters. The minimum absolute atomic E-state index is 0.742. The maximum atomic E-state index is 5.82. The average molecular weight is 180 g/mol. The van der Waals surface area contributed by atoms with Crippen LogP contribution in [0.5, 0.6) is 0 Å². The van der Waals surface area contributed by atoms with Crippen LogP contribution in [-0.2, 0) is 0 Å². The third-order valence-electron chi connectivity index (χ3n) is 1.85. The summed E-state index contributed by atoms with van der Waals surface area (Å²) in [6.45, 7) is 1.95. The molecule has 0 saturated heterocycles. The molecule has 0 N–H and O–H groups in total. The van der Waals surface area contributed by atoms with Crippen molar-refractivity contribution in [1.29, 1.82) is 0 Å². The molecule has 2 rings (SSSR count). The smallest absolute Gasteiger partial charge is 0.115 e. The van der Waals surface area contributed by atoms with Gasteiger partial charge in [0.05, 0.1) is 6.26 Å². The Labute approximate surface area is 75.9 Å². The second kappa shape index (κ2) is 2.83. The molecule has 12 heavy (non-hydrogen) atoms. The summed E-state index contributed by atoms with van der Waals surface area (Å²) in [5, 5.41) is 2.91. The van der Waals surface area contributed by atoms with E-state index in [1.807, 2.05) is 31.5 Å². The van der Waals surface area contributed by atoms with Crippen LogP contribution < -0.4 is 0 Å². The van der Waals surface area contributed by atoms with Gasteiger partial charge in [0.15, 0.2) is 0 Å². The molecule has 0 bridgehead atoms. The van der Waals surface area contributed by atoms with Gasteiger partial charge in [0.1, 0.15) is 5.76 Å². The number of benzene rings is 1. The third-order valence-corrected chi connectivity index (χ3v) is 2.09. The van der Waals surface area contributed by atoms with Crippen LogP contribution in [-0.4, -0.2) is 0 Å². The van der Waals surface area contributed by atoms with E-state index in [2.05, 4.69) is 0 Å². The Balaban J connectivity index is 2.73. The molecule has 0 spiro atoms. The molecule has 0 fully saturated rings. The van der Waals surface area contributed by atoms with Crippen LogP contribution in [0.3, 0.4) is 0 Å². The van der Waals surface area contributed by atoms with Crippen molar-refractivity contribution in [3.05, 3.63) is 41.7 Å². The molecule has 2 heteroatoms. The summed E-state index contributed by atoms with van der Waals surface area (Å²) in [5.74, 6) is 0.904. The maximum Gasteiger partial charge on any atom is 0.115 e. The lowest BCUT2D eigenvalue weighted by atomic mass is 10.1. The van der Waals surface area contributed by atoms with Crippen molar-refractivity contribution in [2.24, 2.45) is 0 Å². The fourth-order valence-electron chi connectivity index (χ4n) is 1.27. The van der Waals surface area contributed by atoms with E-state index in [9.17, 15) is 0 Å². The first-order chi connectivity index (χ1) is 5.81. The lowest BCUT2D eigenvalue weighted by molar-refractivity contribution is 0.546. The predicted molar refractivity (Wildman–Crippen MR) is 50.3 cm³/mol. The van der Waals surface area contributed by atoms with Crippen molar-refractivity contribution in [2.45, 2.75) is 6.92 Å². The zero-order chi connectivity index (χ0) is 8.55. The fraction of sp³-hybridized carbons (Fsp3) is 0.100. The van der Waals surface area contributed by atoms with Gasteiger partial charge in [-0.1, -0.05) is 18.5 Å². The van der Waals surface area contributed by atoms with Crippen molar-refractivity contribution < 1.29 is 4.42 Å². The highest BCUT2D eigenvalue weighted by Crippen LogP contribution is 2.24. The van der Waals surface area contributed by atoms with Crippen LogP contribution in [0.4, 0.5) is 0 Å². The SMILES string of the molecule is C[CH]c1occ2cc(Cl)ccc12. The van der Waals surface area contributed by atoms with E-state index in [0.29, 0.717) is 0 Å². The Kier molecular flexibility index (Phi) is 1.81. The van der Waals surface area contributed by atoms with Gasteiger partial charge in [0.25, 0.3) is 0 Å². The van der Waals surface area contributed by atoms with Crippen molar-refractivity contribution in [3.63, 3.8) is 0 Å². The highest BCUT2D eigenvalue weighted by atomic mass is 35.5. The molecule has 1 aromatic heterocycles. The van der Waals surface area contributed by atoms with Crippen molar-refractivity contribution >= 4 is 22.4 Å². The number of fused-ring (bicyclic) bond motifs is 1. The lowest BCUT2D eigenvalue weighted by Gasteiger charge is -1.91. The summed E-state index contributed by atoms with van der Waals surface area (Å²) in [6, 6.07) is 5.73. The van der Waals surface area contributed by atoms with Crippen LogP contribution in [0, 0.1) is 6.42 Å². The quantitative estimate of drug-likeness (QED) is 0.651. The van der Waals surface area contributed by atoms with Crippen molar-refractivity contribution in [3.8, 4) is 0 Å². The van der Waals surface area contributed by atoms with Crippen LogP contribution >= 0.6 is 11.6 Å². The summed E-state index contributed by atoms with van der Waals surface area (Å²) < 4.78 is 5.31. The van der Waals surface area contributed by atoms with Gasteiger partial charge in [-0.25, -0.2) is 0 Å². The van der Waals surface area contributed by atoms with Crippen molar-refractivity contribution in [1.82, 2.24) is 0 Å². The Morgan fingerprint density at radius 2 is 2.25 bits per heavy atom. The molecule has 61 valence electrons. The summed E-state index contributed by atoms with van der Waals surface area (Å²) >= 11 is 5.82. The van der Waals surface area contributed by atoms with Gasteiger partial charge in [-0.2, -0.15) is 0 Å². The lowest BCUT2D eigenvalue weighted by Crippen LogP contribution is -1.71. The third kappa shape index (κ3) is 1.10. The van der Waals surface area contributed by atoms with Crippen LogP contribution in [0.25, 0.3) is 10.8 Å². The Hall–Kier alpha value is -0.950. The summed E-state index contributed by atoms with van der Waals surface area (Å²) in [4.78, 5) is 0. The second-order valence-corrected chi connectivity index (χ2v) is 3.06. The molecular formula is C10H8ClO. The molecule has 1 heterocycles. The molecule has 0 aliphatic carbocycles. The minimum atomic E-state index is 0.742. The maximum absolute atomic E-state index is 5.82. The molecule has 0 aliphatic rings. The highest BCUT2D eigenvalue weighted by Gasteiger charge is 2.03. The Morgan fingerprint density at radius 3 is 3.00 bits per heavy atom. The van der Waals surface area contributed by atoms with E-state index in [0.717, 1.165) is 21.6 Å². The summed E-state index contributed by atoms with van der Waals surface area (Å²) in [6.07, 6.45) is 3.66. The van der Waals surface area contributed by atoms with Gasteiger partial charge in [-0.05, 0) is 18.2 Å². The zero-order valence-corrected chi connectivity index (χ0v) is 7.43. The first-order valence-electron chi connectivity index (χ1n) is 3.77. The molecule has 1 aromatic carbocycles. The number of furan rings is 1. The van der Waals surface area contributed by atoms with Gasteiger partial charge in [-0.15, -0.1) is 0 Å². The van der Waals surface area contributed by atoms with E-state index in [1.165, 1.54) is 0 Å². The first-order valence-corrected chi connectivity index (χ1v) is 4.15. The van der Waals surface area contributed by atoms with Gasteiger partial charge in [-0.3, -0.25) is 0 Å². The van der Waals surface area contributed by atoms with Gasteiger partial charge < -0.3 is 4.42 Å². The molecule has 1 radical (unpaired) electrons. The summed E-state index contributed by atoms with van der Waals surface area (Å²) in [5.41, 5.74) is 0. The fourth-order valence-corrected chi connectivity index (χ4v) is 1.45. The number of halogens is 1. The molecular weight excluding hydrogens is 172 g/mol. The van der Waals surface area contributed by atoms with E-state index < -0.39 is 0 Å². The molecule has 1 nitrogen and oxygen atoms in total. The first kappa shape index (κ1) is 7.69. The average Bonchev–Trinajstić information content (AvgIpc) is 2.46. The van der Waals surface area contributed by atoms with Crippen LogP contribution in [0.2, 0.25) is 5.02 Å². The molecule has 0 atom stereocenters. The monoisotopic (exact) mass is 179 g/mol. The Bertz CT molecular complexity index is 403. The number of rotatable bonds is 1. The van der Waals surface area contributed by atoms with E-state index in [-0.39, 0.29) is 0 Å². The van der Waals surface area contributed by atoms with E-state index in [1.54, 1.807) is 6.26 Å². The van der Waals surface area contributed by atoms with Gasteiger partial charge >= 0.3 is 0 Å². The van der Waals surface area contributed by atoms with E-state index in [4.69, 9.17) is 16.0 Å². The van der Waals surface area contributed by atoms with Crippen LogP contribution in [0.1, 0.15) is 12.7 Å². The number of hydrogen-bond acceptors (Lipinski definition) is 1. The molecule has 0 aliphatic heterocycles. The van der Waals surface area contributed by atoms with Gasteiger partial charge in [0.2, 0.25) is 0 Å². The molecule has 0 amide bonds. The molecule has 2 aromatic rings. The van der Waals surface area contributed by atoms with Crippen LogP contribution in [0.15, 0.2) is 28.9 Å². The standard InChI is InChI=1S/C10H8ClO/c1-2-10-9-4-3-8(11)5-7(9)6-12-10/h2-6H,1H3.